The first-order valence-corrected chi connectivity index (χ1v) is 14.9. The first-order chi connectivity index (χ1) is 21.9. The summed E-state index contributed by atoms with van der Waals surface area (Å²) in [5, 5.41) is 26.1. The van der Waals surface area contributed by atoms with Gasteiger partial charge in [-0.15, -0.1) is 10.2 Å². The highest BCUT2D eigenvalue weighted by Gasteiger charge is 2.44. The Morgan fingerprint density at radius 2 is 1.84 bits per heavy atom. The summed E-state index contributed by atoms with van der Waals surface area (Å²) in [7, 11) is 0. The van der Waals surface area contributed by atoms with Crippen LogP contribution in [-0.2, 0) is 0 Å². The summed E-state index contributed by atoms with van der Waals surface area (Å²) < 4.78 is 1.57. The summed E-state index contributed by atoms with van der Waals surface area (Å²) in [5.74, 6) is 7.81. The average Bonchev–Trinajstić information content (AvgIpc) is 3.58. The van der Waals surface area contributed by atoms with Crippen LogP contribution in [0.15, 0.2) is 67.1 Å². The first kappa shape index (κ1) is 26.8. The van der Waals surface area contributed by atoms with Crippen molar-refractivity contribution < 1.29 is 9.90 Å². The van der Waals surface area contributed by atoms with E-state index in [1.165, 1.54) is 0 Å². The Bertz CT molecular complexity index is 1960. The Balaban J connectivity index is 0.982. The zero-order valence-corrected chi connectivity index (χ0v) is 24.2. The molecule has 45 heavy (non-hydrogen) atoms. The van der Waals surface area contributed by atoms with Crippen molar-refractivity contribution in [3.8, 4) is 28.8 Å². The molecule has 13 nitrogen and oxygen atoms in total. The molecule has 5 aromatic rings. The van der Waals surface area contributed by atoms with E-state index < -0.39 is 5.54 Å². The number of amides is 1. The van der Waals surface area contributed by atoms with Crippen LogP contribution in [0, 0.1) is 11.8 Å². The van der Waals surface area contributed by atoms with Crippen LogP contribution in [-0.4, -0.2) is 76.5 Å². The molecule has 1 aromatic carbocycles. The minimum atomic E-state index is -0.613. The molecule has 2 bridgehead atoms. The van der Waals surface area contributed by atoms with Gasteiger partial charge in [-0.25, -0.2) is 19.5 Å². The Hall–Kier alpha value is -5.77. The van der Waals surface area contributed by atoms with Crippen LogP contribution in [0.1, 0.15) is 42.0 Å². The first-order valence-electron chi connectivity index (χ1n) is 14.9. The summed E-state index contributed by atoms with van der Waals surface area (Å²) >= 11 is 0. The van der Waals surface area contributed by atoms with E-state index in [0.29, 0.717) is 34.2 Å². The lowest BCUT2D eigenvalue weighted by Crippen LogP contribution is -2.54. The van der Waals surface area contributed by atoms with Gasteiger partial charge in [0.05, 0.1) is 11.4 Å². The topological polar surface area (TPSA) is 164 Å². The van der Waals surface area contributed by atoms with Crippen molar-refractivity contribution >= 4 is 28.9 Å². The molecule has 4 aromatic heterocycles. The highest BCUT2D eigenvalue weighted by Crippen LogP contribution is 2.38. The highest BCUT2D eigenvalue weighted by atomic mass is 16.3. The molecule has 2 aliphatic heterocycles. The van der Waals surface area contributed by atoms with Gasteiger partial charge in [-0.3, -0.25) is 4.79 Å². The summed E-state index contributed by atoms with van der Waals surface area (Å²) in [4.78, 5) is 31.0. The number of nitrogens with one attached hydrogen (secondary N) is 1. The lowest BCUT2D eigenvalue weighted by molar-refractivity contribution is 0.0936. The van der Waals surface area contributed by atoms with E-state index in [-0.39, 0.29) is 23.7 Å². The summed E-state index contributed by atoms with van der Waals surface area (Å²) in [5.41, 5.74) is 8.60. The number of fused-ring (bicyclic) bond motifs is 3. The number of phenols is 1. The number of carbonyl (C=O) groups is 1. The zero-order valence-electron chi connectivity index (χ0n) is 24.2. The lowest BCUT2D eigenvalue weighted by atomic mass is 10.1. The lowest BCUT2D eigenvalue weighted by Gasteiger charge is -2.42. The van der Waals surface area contributed by atoms with Crippen LogP contribution >= 0.6 is 0 Å². The number of nitrogens with two attached hydrogens (primary N) is 1. The fraction of sp³-hybridized carbons (Fsp3) is 0.281. The van der Waals surface area contributed by atoms with Gasteiger partial charge in [0, 0.05) is 55.4 Å². The van der Waals surface area contributed by atoms with Crippen molar-refractivity contribution in [2.24, 2.45) is 0 Å². The van der Waals surface area contributed by atoms with Crippen LogP contribution in [0.25, 0.3) is 16.9 Å². The number of aromatic hydroxyl groups is 1. The van der Waals surface area contributed by atoms with E-state index >= 15 is 0 Å². The van der Waals surface area contributed by atoms with Gasteiger partial charge in [0.25, 0.3) is 5.91 Å². The van der Waals surface area contributed by atoms with Crippen molar-refractivity contribution in [3.05, 3.63) is 78.6 Å². The van der Waals surface area contributed by atoms with Crippen LogP contribution in [0.5, 0.6) is 5.75 Å². The van der Waals surface area contributed by atoms with E-state index in [9.17, 15) is 9.90 Å². The van der Waals surface area contributed by atoms with E-state index in [1.54, 1.807) is 47.4 Å². The molecule has 224 valence electrons. The molecular weight excluding hydrogens is 570 g/mol. The number of phenolic OH excluding ortho intramolecular Hbond substituents is 1. The summed E-state index contributed by atoms with van der Waals surface area (Å²) in [6.45, 7) is 1.48. The number of rotatable bonds is 5. The second kappa shape index (κ2) is 10.4. The third-order valence-corrected chi connectivity index (χ3v) is 8.69. The second-order valence-electron chi connectivity index (χ2n) is 11.7. The standard InChI is InChI=1S/C32H29N11O2/c33-30-25(16-23(38-39-30)22-4-1-2-5-26(22)44)41-18-20-6-7-21(19-41)43(20)28-9-14-34-27(36-28)8-10-32(11-12-32)37-31(45)24-17-29-35-13-3-15-42(29)40-24/h1-5,9,13-17,20-21,44H,6-7,11-12,18-19H2,(H2,33,39)(H,37,45). The van der Waals surface area contributed by atoms with E-state index in [4.69, 9.17) is 10.7 Å². The Morgan fingerprint density at radius 3 is 2.62 bits per heavy atom. The van der Waals surface area contributed by atoms with E-state index in [1.807, 2.05) is 24.3 Å². The van der Waals surface area contributed by atoms with Gasteiger partial charge in [0.15, 0.2) is 17.2 Å². The van der Waals surface area contributed by atoms with E-state index in [0.717, 1.165) is 50.3 Å². The Kier molecular flexibility index (Phi) is 6.23. The molecule has 1 amide bonds. The maximum atomic E-state index is 12.9. The van der Waals surface area contributed by atoms with Gasteiger partial charge in [-0.1, -0.05) is 18.1 Å². The molecule has 0 spiro atoms. The fourth-order valence-corrected chi connectivity index (χ4v) is 6.30. The number of aromatic nitrogens is 7. The molecule has 6 heterocycles. The van der Waals surface area contributed by atoms with Gasteiger partial charge in [0.2, 0.25) is 5.82 Å². The molecular formula is C32H29N11O2. The van der Waals surface area contributed by atoms with Gasteiger partial charge >= 0.3 is 0 Å². The van der Waals surface area contributed by atoms with Gasteiger partial charge in [-0.2, -0.15) is 5.10 Å². The second-order valence-corrected chi connectivity index (χ2v) is 11.7. The maximum absolute atomic E-state index is 12.9. The fourth-order valence-electron chi connectivity index (χ4n) is 6.30. The molecule has 2 unspecified atom stereocenters. The maximum Gasteiger partial charge on any atom is 0.273 e. The molecule has 2 saturated heterocycles. The molecule has 1 saturated carbocycles. The van der Waals surface area contributed by atoms with Crippen molar-refractivity contribution in [1.82, 2.24) is 40.1 Å². The number of nitrogen functional groups attached to an aromatic ring is 1. The number of nitrogens with zero attached hydrogens (tertiary/aromatic N) is 9. The van der Waals surface area contributed by atoms with Gasteiger partial charge in [0.1, 0.15) is 17.1 Å². The Labute approximate surface area is 258 Å². The highest BCUT2D eigenvalue weighted by molar-refractivity contribution is 5.94. The minimum absolute atomic E-state index is 0.148. The molecule has 4 N–H and O–H groups in total. The van der Waals surface area contributed by atoms with E-state index in [2.05, 4.69) is 52.2 Å². The number of piperazine rings is 1. The number of para-hydroxylation sites is 1. The zero-order chi connectivity index (χ0) is 30.5. The van der Waals surface area contributed by atoms with Gasteiger partial charge < -0.3 is 26.0 Å². The van der Waals surface area contributed by atoms with Crippen LogP contribution in [0.3, 0.4) is 0 Å². The molecule has 8 rings (SSSR count). The van der Waals surface area contributed by atoms with Crippen LogP contribution < -0.4 is 20.9 Å². The third kappa shape index (κ3) is 5.00. The SMILES string of the molecule is Nc1nnc(-c2ccccc2O)cc1N1CC2CCC(C1)N2c1ccnc(C#CC2(NC(=O)c3cc4ncccn4n3)CC2)n1. The quantitative estimate of drug-likeness (QED) is 0.254. The Morgan fingerprint density at radius 1 is 1.02 bits per heavy atom. The number of hydrogen-bond donors (Lipinski definition) is 3. The van der Waals surface area contributed by atoms with Crippen LogP contribution in [0.4, 0.5) is 17.3 Å². The van der Waals surface area contributed by atoms with Crippen LogP contribution in [0.2, 0.25) is 0 Å². The van der Waals surface area contributed by atoms with Crippen molar-refractivity contribution in [2.45, 2.75) is 43.3 Å². The molecule has 2 atom stereocenters. The molecule has 3 fully saturated rings. The normalized spacial score (nSPS) is 19.6. The molecule has 13 heteroatoms. The van der Waals surface area contributed by atoms with Crippen molar-refractivity contribution in [3.63, 3.8) is 0 Å². The number of anilines is 3. The number of hydrogen-bond acceptors (Lipinski definition) is 11. The predicted molar refractivity (Wildman–Crippen MR) is 166 cm³/mol. The minimum Gasteiger partial charge on any atom is -0.507 e. The third-order valence-electron chi connectivity index (χ3n) is 8.69. The largest absolute Gasteiger partial charge is 0.507 e. The van der Waals surface area contributed by atoms with Crippen molar-refractivity contribution in [1.29, 1.82) is 0 Å². The van der Waals surface area contributed by atoms with Crippen molar-refractivity contribution in [2.75, 3.05) is 28.6 Å². The monoisotopic (exact) mass is 599 g/mol. The molecule has 0 radical (unpaired) electrons. The number of benzene rings is 1. The summed E-state index contributed by atoms with van der Waals surface area (Å²) in [6, 6.07) is 14.8. The van der Waals surface area contributed by atoms with Gasteiger partial charge in [-0.05, 0) is 61.9 Å². The number of carbonyl (C=O) groups excluding carboxylic acids is 1. The molecule has 3 aliphatic rings. The average molecular weight is 600 g/mol. The summed E-state index contributed by atoms with van der Waals surface area (Å²) in [6.07, 6.45) is 8.69. The smallest absolute Gasteiger partial charge is 0.273 e. The molecule has 1 aliphatic carbocycles. The predicted octanol–water partition coefficient (Wildman–Crippen LogP) is 2.44.